The Hall–Kier alpha value is -4.02. The van der Waals surface area contributed by atoms with Crippen LogP contribution in [0.15, 0.2) is 67.3 Å². The molecule has 4 heterocycles. The summed E-state index contributed by atoms with van der Waals surface area (Å²) in [5, 5.41) is 7.96. The molecule has 0 saturated carbocycles. The molecule has 1 saturated heterocycles. The summed E-state index contributed by atoms with van der Waals surface area (Å²) in [4.78, 5) is 27.1. The van der Waals surface area contributed by atoms with Crippen molar-refractivity contribution in [2.24, 2.45) is 0 Å². The highest BCUT2D eigenvalue weighted by molar-refractivity contribution is 6.32. The van der Waals surface area contributed by atoms with Crippen LogP contribution < -0.4 is 10.1 Å². The molecule has 1 aliphatic heterocycles. The maximum atomic E-state index is 12.5. The van der Waals surface area contributed by atoms with E-state index in [4.69, 9.17) is 21.1 Å². The van der Waals surface area contributed by atoms with E-state index >= 15 is 0 Å². The SMILES string of the molecule is O=C(c1ccc(OCNc2ncc(Cl)c(-c3ccn(-c4ccncc4)n3)n2)cc1)N1CCOCC1. The molecule has 1 fully saturated rings. The molecule has 0 unspecified atom stereocenters. The summed E-state index contributed by atoms with van der Waals surface area (Å²) < 4.78 is 12.8. The second kappa shape index (κ2) is 10.5. The van der Waals surface area contributed by atoms with Gasteiger partial charge in [0.25, 0.3) is 5.91 Å². The zero-order valence-electron chi connectivity index (χ0n) is 18.7. The van der Waals surface area contributed by atoms with Crippen LogP contribution in [0.5, 0.6) is 5.75 Å². The summed E-state index contributed by atoms with van der Waals surface area (Å²) in [7, 11) is 0. The van der Waals surface area contributed by atoms with E-state index in [-0.39, 0.29) is 12.6 Å². The highest BCUT2D eigenvalue weighted by atomic mass is 35.5. The minimum absolute atomic E-state index is 0.00792. The molecule has 0 aliphatic carbocycles. The zero-order chi connectivity index (χ0) is 24.0. The Morgan fingerprint density at radius 1 is 1.09 bits per heavy atom. The third kappa shape index (κ3) is 5.39. The number of carbonyl (C=O) groups is 1. The first-order valence-electron chi connectivity index (χ1n) is 11.0. The van der Waals surface area contributed by atoms with Crippen molar-refractivity contribution in [2.75, 3.05) is 38.4 Å². The van der Waals surface area contributed by atoms with E-state index in [1.165, 1.54) is 6.20 Å². The molecule has 1 amide bonds. The van der Waals surface area contributed by atoms with E-state index in [9.17, 15) is 4.79 Å². The number of nitrogens with zero attached hydrogens (tertiary/aromatic N) is 6. The topological polar surface area (TPSA) is 107 Å². The van der Waals surface area contributed by atoms with Crippen molar-refractivity contribution >= 4 is 23.5 Å². The number of nitrogens with one attached hydrogen (secondary N) is 1. The molecule has 3 aromatic heterocycles. The van der Waals surface area contributed by atoms with Gasteiger partial charge in [0.2, 0.25) is 5.95 Å². The predicted octanol–water partition coefficient (Wildman–Crippen LogP) is 3.30. The molecule has 11 heteroatoms. The number of rotatable bonds is 7. The van der Waals surface area contributed by atoms with Crippen LogP contribution in [0, 0.1) is 0 Å². The van der Waals surface area contributed by atoms with Gasteiger partial charge in [0.05, 0.1) is 30.1 Å². The number of anilines is 1. The molecule has 4 aromatic rings. The highest BCUT2D eigenvalue weighted by Gasteiger charge is 2.18. The quantitative estimate of drug-likeness (QED) is 0.392. The zero-order valence-corrected chi connectivity index (χ0v) is 19.4. The number of ether oxygens (including phenoxy) is 2. The maximum Gasteiger partial charge on any atom is 0.254 e. The third-order valence-electron chi connectivity index (χ3n) is 5.37. The number of carbonyl (C=O) groups excluding carboxylic acids is 1. The van der Waals surface area contributed by atoms with Crippen LogP contribution in [0.4, 0.5) is 5.95 Å². The summed E-state index contributed by atoms with van der Waals surface area (Å²) in [5.41, 5.74) is 2.60. The Kier molecular flexibility index (Phi) is 6.82. The van der Waals surface area contributed by atoms with Gasteiger partial charge in [0.15, 0.2) is 6.73 Å². The van der Waals surface area contributed by atoms with Gasteiger partial charge in [-0.1, -0.05) is 11.6 Å². The van der Waals surface area contributed by atoms with Gasteiger partial charge in [-0.2, -0.15) is 5.10 Å². The molecule has 35 heavy (non-hydrogen) atoms. The van der Waals surface area contributed by atoms with E-state index in [1.54, 1.807) is 46.2 Å². The minimum Gasteiger partial charge on any atom is -0.473 e. The summed E-state index contributed by atoms with van der Waals surface area (Å²) in [6.45, 7) is 2.48. The van der Waals surface area contributed by atoms with Crippen LogP contribution in [0.3, 0.4) is 0 Å². The molecule has 1 aliphatic rings. The second-order valence-electron chi connectivity index (χ2n) is 7.64. The Bertz CT molecular complexity index is 1290. The number of amides is 1. The maximum absolute atomic E-state index is 12.5. The number of hydrogen-bond acceptors (Lipinski definition) is 8. The Balaban J connectivity index is 1.20. The summed E-state index contributed by atoms with van der Waals surface area (Å²) in [6, 6.07) is 12.6. The van der Waals surface area contributed by atoms with Crippen molar-refractivity contribution in [3.63, 3.8) is 0 Å². The van der Waals surface area contributed by atoms with Gasteiger partial charge in [-0.3, -0.25) is 9.78 Å². The lowest BCUT2D eigenvalue weighted by molar-refractivity contribution is 0.0303. The van der Waals surface area contributed by atoms with Crippen molar-refractivity contribution in [1.29, 1.82) is 0 Å². The second-order valence-corrected chi connectivity index (χ2v) is 8.04. The van der Waals surface area contributed by atoms with Gasteiger partial charge < -0.3 is 19.7 Å². The van der Waals surface area contributed by atoms with Gasteiger partial charge in [0.1, 0.15) is 17.1 Å². The van der Waals surface area contributed by atoms with Crippen molar-refractivity contribution in [2.45, 2.75) is 0 Å². The predicted molar refractivity (Wildman–Crippen MR) is 130 cm³/mol. The van der Waals surface area contributed by atoms with Gasteiger partial charge in [0, 0.05) is 37.2 Å². The van der Waals surface area contributed by atoms with Crippen LogP contribution >= 0.6 is 11.6 Å². The van der Waals surface area contributed by atoms with Crippen LogP contribution in [0.2, 0.25) is 5.02 Å². The Morgan fingerprint density at radius 3 is 2.63 bits per heavy atom. The average molecular weight is 492 g/mol. The average Bonchev–Trinajstić information content (AvgIpc) is 3.41. The minimum atomic E-state index is -0.00792. The monoisotopic (exact) mass is 491 g/mol. The van der Waals surface area contributed by atoms with Crippen molar-refractivity contribution in [1.82, 2.24) is 29.6 Å². The molecule has 5 rings (SSSR count). The van der Waals surface area contributed by atoms with E-state index in [2.05, 4.69) is 25.4 Å². The van der Waals surface area contributed by atoms with Crippen LogP contribution in [0.1, 0.15) is 10.4 Å². The lowest BCUT2D eigenvalue weighted by Gasteiger charge is -2.26. The van der Waals surface area contributed by atoms with E-state index in [0.29, 0.717) is 60.0 Å². The number of benzene rings is 1. The molecule has 1 aromatic carbocycles. The molecule has 0 atom stereocenters. The number of pyridine rings is 1. The number of aromatic nitrogens is 5. The van der Waals surface area contributed by atoms with Gasteiger partial charge in [-0.15, -0.1) is 0 Å². The van der Waals surface area contributed by atoms with Crippen LogP contribution in [-0.2, 0) is 4.74 Å². The molecule has 10 nitrogen and oxygen atoms in total. The van der Waals surface area contributed by atoms with E-state index in [0.717, 1.165) is 5.69 Å². The van der Waals surface area contributed by atoms with Gasteiger partial charge >= 0.3 is 0 Å². The summed E-state index contributed by atoms with van der Waals surface area (Å²) >= 11 is 6.33. The summed E-state index contributed by atoms with van der Waals surface area (Å²) in [5.74, 6) is 0.953. The molecule has 0 bridgehead atoms. The Morgan fingerprint density at radius 2 is 1.86 bits per heavy atom. The third-order valence-corrected chi connectivity index (χ3v) is 5.65. The fourth-order valence-electron chi connectivity index (χ4n) is 3.55. The fraction of sp³-hybridized carbons (Fsp3) is 0.208. The van der Waals surface area contributed by atoms with Crippen molar-refractivity contribution in [3.05, 3.63) is 77.8 Å². The van der Waals surface area contributed by atoms with Crippen LogP contribution in [-0.4, -0.2) is 68.6 Å². The molecule has 1 N–H and O–H groups in total. The van der Waals surface area contributed by atoms with E-state index < -0.39 is 0 Å². The Labute approximate surface area is 206 Å². The highest BCUT2D eigenvalue weighted by Crippen LogP contribution is 2.25. The van der Waals surface area contributed by atoms with Crippen LogP contribution in [0.25, 0.3) is 17.1 Å². The van der Waals surface area contributed by atoms with Crippen molar-refractivity contribution < 1.29 is 14.3 Å². The number of hydrogen-bond donors (Lipinski definition) is 1. The van der Waals surface area contributed by atoms with Crippen molar-refractivity contribution in [3.8, 4) is 22.8 Å². The summed E-state index contributed by atoms with van der Waals surface area (Å²) in [6.07, 6.45) is 6.74. The molecular formula is C24H22ClN7O3. The normalized spacial score (nSPS) is 13.5. The van der Waals surface area contributed by atoms with Gasteiger partial charge in [-0.05, 0) is 42.5 Å². The number of halogens is 1. The largest absolute Gasteiger partial charge is 0.473 e. The molecular weight excluding hydrogens is 470 g/mol. The lowest BCUT2D eigenvalue weighted by Crippen LogP contribution is -2.40. The fourth-order valence-corrected chi connectivity index (χ4v) is 3.74. The molecule has 0 radical (unpaired) electrons. The first-order chi connectivity index (χ1) is 17.2. The van der Waals surface area contributed by atoms with Gasteiger partial charge in [-0.25, -0.2) is 14.6 Å². The standard InChI is InChI=1S/C24H22ClN7O3/c25-20-15-27-24(29-22(20)21-7-10-32(30-21)18-5-8-26-9-6-18)28-16-35-19-3-1-17(2-4-19)23(33)31-11-13-34-14-12-31/h1-10,15H,11-14,16H2,(H,27,28,29). The first kappa shape index (κ1) is 22.8. The molecule has 0 spiro atoms. The number of morpholine rings is 1. The lowest BCUT2D eigenvalue weighted by atomic mass is 10.2. The first-order valence-corrected chi connectivity index (χ1v) is 11.4. The van der Waals surface area contributed by atoms with E-state index in [1.807, 2.05) is 24.4 Å². The smallest absolute Gasteiger partial charge is 0.254 e. The molecule has 178 valence electrons.